The van der Waals surface area contributed by atoms with E-state index in [1.54, 1.807) is 24.5 Å². The minimum Gasteiger partial charge on any atom is -0.393 e. The largest absolute Gasteiger partial charge is 0.393 e. The molecule has 132 valence electrons. The predicted molar refractivity (Wildman–Crippen MR) is 92.2 cm³/mol. The average molecular weight is 343 g/mol. The lowest BCUT2D eigenvalue weighted by Crippen LogP contribution is -2.50. The third-order valence-corrected chi connectivity index (χ3v) is 4.58. The van der Waals surface area contributed by atoms with Crippen LogP contribution in [0.3, 0.4) is 0 Å². The van der Waals surface area contributed by atoms with Gasteiger partial charge >= 0.3 is 6.03 Å². The Labute approximate surface area is 146 Å². The molecule has 1 aliphatic carbocycles. The number of carbonyl (C=O) groups is 1. The average Bonchev–Trinajstić information content (AvgIpc) is 2.58. The van der Waals surface area contributed by atoms with Crippen molar-refractivity contribution in [2.75, 3.05) is 0 Å². The lowest BCUT2D eigenvalue weighted by molar-refractivity contribution is 0.0263. The number of urea groups is 1. The Morgan fingerprint density at radius 3 is 2.68 bits per heavy atom. The molecular weight excluding hydrogens is 321 g/mol. The first-order chi connectivity index (χ1) is 12.1. The standard InChI is InChI=1S/C19H22FN3O2/c20-16-3-1-2-14(8-16)12-22-19(25)23-18(15-10-17(24)11-15)9-13-4-6-21-7-5-13/h1-8,15,17-18,24H,9-12H2,(H2,22,23,25)/t15?,17?,18-/m1/s1. The number of hydrogen-bond donors (Lipinski definition) is 3. The summed E-state index contributed by atoms with van der Waals surface area (Å²) >= 11 is 0. The van der Waals surface area contributed by atoms with E-state index in [1.807, 2.05) is 12.1 Å². The number of nitrogens with one attached hydrogen (secondary N) is 2. The monoisotopic (exact) mass is 343 g/mol. The van der Waals surface area contributed by atoms with Gasteiger partial charge in [-0.25, -0.2) is 9.18 Å². The number of nitrogens with zero attached hydrogens (tertiary/aromatic N) is 1. The van der Waals surface area contributed by atoms with Gasteiger partial charge in [0.15, 0.2) is 0 Å². The van der Waals surface area contributed by atoms with E-state index < -0.39 is 0 Å². The van der Waals surface area contributed by atoms with Crippen molar-refractivity contribution in [3.8, 4) is 0 Å². The number of pyridine rings is 1. The van der Waals surface area contributed by atoms with Crippen molar-refractivity contribution < 1.29 is 14.3 Å². The van der Waals surface area contributed by atoms with Crippen LogP contribution in [0.5, 0.6) is 0 Å². The molecule has 1 atom stereocenters. The van der Waals surface area contributed by atoms with Crippen molar-refractivity contribution in [2.45, 2.75) is 38.0 Å². The van der Waals surface area contributed by atoms with Gasteiger partial charge in [-0.2, -0.15) is 0 Å². The number of halogens is 1. The third-order valence-electron chi connectivity index (χ3n) is 4.58. The molecule has 0 bridgehead atoms. The molecule has 1 aromatic heterocycles. The van der Waals surface area contributed by atoms with Gasteiger partial charge in [-0.3, -0.25) is 4.98 Å². The van der Waals surface area contributed by atoms with Crippen LogP contribution < -0.4 is 10.6 Å². The topological polar surface area (TPSA) is 74.2 Å². The number of aliphatic hydroxyl groups is 1. The normalized spacial score (nSPS) is 20.4. The maximum atomic E-state index is 13.2. The maximum Gasteiger partial charge on any atom is 0.315 e. The van der Waals surface area contributed by atoms with Gasteiger partial charge in [-0.05, 0) is 60.6 Å². The van der Waals surface area contributed by atoms with Crippen LogP contribution in [0.15, 0.2) is 48.8 Å². The lowest BCUT2D eigenvalue weighted by Gasteiger charge is -2.38. The van der Waals surface area contributed by atoms with Gasteiger partial charge in [-0.1, -0.05) is 12.1 Å². The highest BCUT2D eigenvalue weighted by atomic mass is 19.1. The van der Waals surface area contributed by atoms with Crippen LogP contribution in [0.1, 0.15) is 24.0 Å². The van der Waals surface area contributed by atoms with Crippen LogP contribution >= 0.6 is 0 Å². The minimum absolute atomic E-state index is 0.0571. The second kappa shape index (κ2) is 8.07. The van der Waals surface area contributed by atoms with Crippen molar-refractivity contribution in [3.05, 3.63) is 65.7 Å². The molecule has 0 aliphatic heterocycles. The number of aromatic nitrogens is 1. The molecule has 0 unspecified atom stereocenters. The smallest absolute Gasteiger partial charge is 0.315 e. The van der Waals surface area contributed by atoms with Gasteiger partial charge in [0.1, 0.15) is 5.82 Å². The van der Waals surface area contributed by atoms with E-state index in [2.05, 4.69) is 15.6 Å². The van der Waals surface area contributed by atoms with E-state index in [-0.39, 0.29) is 36.5 Å². The van der Waals surface area contributed by atoms with Crippen LogP contribution in [0.2, 0.25) is 0 Å². The molecule has 0 radical (unpaired) electrons. The molecule has 3 N–H and O–H groups in total. The lowest BCUT2D eigenvalue weighted by atomic mass is 9.75. The van der Waals surface area contributed by atoms with Crippen LogP contribution in [0, 0.1) is 11.7 Å². The molecule has 1 aliphatic rings. The molecule has 1 fully saturated rings. The summed E-state index contributed by atoms with van der Waals surface area (Å²) in [6.45, 7) is 0.263. The SMILES string of the molecule is O=C(NCc1cccc(F)c1)N[C@H](Cc1ccncc1)C1CC(O)C1. The summed E-state index contributed by atoms with van der Waals surface area (Å²) in [4.78, 5) is 16.2. The zero-order valence-corrected chi connectivity index (χ0v) is 13.9. The number of hydrogen-bond acceptors (Lipinski definition) is 3. The summed E-state index contributed by atoms with van der Waals surface area (Å²) in [6, 6.07) is 9.66. The Balaban J connectivity index is 1.56. The summed E-state index contributed by atoms with van der Waals surface area (Å²) in [5.74, 6) is -0.0678. The zero-order chi connectivity index (χ0) is 17.6. The summed E-state index contributed by atoms with van der Waals surface area (Å²) in [7, 11) is 0. The van der Waals surface area contributed by atoms with Gasteiger partial charge in [-0.15, -0.1) is 0 Å². The molecule has 3 rings (SSSR count). The fourth-order valence-electron chi connectivity index (χ4n) is 3.12. The van der Waals surface area contributed by atoms with Crippen molar-refractivity contribution in [1.29, 1.82) is 0 Å². The zero-order valence-electron chi connectivity index (χ0n) is 13.9. The van der Waals surface area contributed by atoms with Crippen LogP contribution in [-0.2, 0) is 13.0 Å². The van der Waals surface area contributed by atoms with Gasteiger partial charge in [0, 0.05) is 25.0 Å². The molecule has 0 saturated heterocycles. The molecule has 1 aromatic carbocycles. The number of aliphatic hydroxyl groups excluding tert-OH is 1. The first-order valence-electron chi connectivity index (χ1n) is 8.46. The minimum atomic E-state index is -0.321. The van der Waals surface area contributed by atoms with Crippen molar-refractivity contribution >= 4 is 6.03 Å². The van der Waals surface area contributed by atoms with E-state index in [9.17, 15) is 14.3 Å². The molecule has 25 heavy (non-hydrogen) atoms. The number of rotatable bonds is 6. The highest BCUT2D eigenvalue weighted by molar-refractivity contribution is 5.74. The third kappa shape index (κ3) is 5.00. The molecule has 1 heterocycles. The summed E-state index contributed by atoms with van der Waals surface area (Å²) in [5, 5.41) is 15.3. The molecule has 6 heteroatoms. The molecule has 5 nitrogen and oxygen atoms in total. The second-order valence-corrected chi connectivity index (χ2v) is 6.51. The predicted octanol–water partition coefficient (Wildman–Crippen LogP) is 2.40. The van der Waals surface area contributed by atoms with Crippen molar-refractivity contribution in [3.63, 3.8) is 0 Å². The molecule has 2 aromatic rings. The van der Waals surface area contributed by atoms with E-state index in [4.69, 9.17) is 0 Å². The summed E-state index contributed by atoms with van der Waals surface area (Å²) in [5.41, 5.74) is 1.80. The van der Waals surface area contributed by atoms with Crippen LogP contribution in [-0.4, -0.2) is 28.3 Å². The van der Waals surface area contributed by atoms with E-state index in [0.29, 0.717) is 24.8 Å². The molecular formula is C19H22FN3O2. The van der Waals surface area contributed by atoms with Gasteiger partial charge in [0.05, 0.1) is 6.10 Å². The Kier molecular flexibility index (Phi) is 5.60. The van der Waals surface area contributed by atoms with Gasteiger partial charge in [0.25, 0.3) is 0 Å². The Hall–Kier alpha value is -2.47. The summed E-state index contributed by atoms with van der Waals surface area (Å²) in [6.07, 6.45) is 5.26. The van der Waals surface area contributed by atoms with Crippen molar-refractivity contribution in [2.24, 2.45) is 5.92 Å². The molecule has 0 spiro atoms. The fraction of sp³-hybridized carbons (Fsp3) is 0.368. The van der Waals surface area contributed by atoms with Gasteiger partial charge < -0.3 is 15.7 Å². The Morgan fingerprint density at radius 1 is 1.24 bits per heavy atom. The Bertz CT molecular complexity index is 705. The van der Waals surface area contributed by atoms with E-state index >= 15 is 0 Å². The van der Waals surface area contributed by atoms with E-state index in [0.717, 1.165) is 5.56 Å². The fourth-order valence-corrected chi connectivity index (χ4v) is 3.12. The Morgan fingerprint density at radius 2 is 2.00 bits per heavy atom. The molecule has 2 amide bonds. The maximum absolute atomic E-state index is 13.2. The first-order valence-corrected chi connectivity index (χ1v) is 8.46. The number of amides is 2. The molecule has 1 saturated carbocycles. The van der Waals surface area contributed by atoms with Gasteiger partial charge in [0.2, 0.25) is 0 Å². The second-order valence-electron chi connectivity index (χ2n) is 6.51. The van der Waals surface area contributed by atoms with Crippen LogP contribution in [0.25, 0.3) is 0 Å². The first kappa shape index (κ1) is 17.4. The number of benzene rings is 1. The highest BCUT2D eigenvalue weighted by Gasteiger charge is 2.34. The van der Waals surface area contributed by atoms with Crippen LogP contribution in [0.4, 0.5) is 9.18 Å². The summed E-state index contributed by atoms with van der Waals surface area (Å²) < 4.78 is 13.2. The highest BCUT2D eigenvalue weighted by Crippen LogP contribution is 2.31. The van der Waals surface area contributed by atoms with E-state index in [1.165, 1.54) is 12.1 Å². The van der Waals surface area contributed by atoms with Crippen molar-refractivity contribution in [1.82, 2.24) is 15.6 Å². The quantitative estimate of drug-likeness (QED) is 0.754. The number of carbonyl (C=O) groups excluding carboxylic acids is 1.